The average molecular weight is 507 g/mol. The fourth-order valence-electron chi connectivity index (χ4n) is 3.92. The number of aromatic hydroxyl groups is 2. The molecule has 1 aliphatic heterocycles. The summed E-state index contributed by atoms with van der Waals surface area (Å²) in [4.78, 5) is 19.4. The number of aromatic nitrogens is 6. The summed E-state index contributed by atoms with van der Waals surface area (Å²) >= 11 is 0. The number of fused-ring (bicyclic) bond motifs is 1. The number of hydrogen-bond acceptors (Lipinski definition) is 9. The van der Waals surface area contributed by atoms with Gasteiger partial charge >= 0.3 is 0 Å². The monoisotopic (exact) mass is 507 g/mol. The van der Waals surface area contributed by atoms with E-state index >= 15 is 0 Å². The highest BCUT2D eigenvalue weighted by molar-refractivity contribution is 6.33. The van der Waals surface area contributed by atoms with Crippen molar-refractivity contribution in [3.8, 4) is 22.8 Å². The number of halogens is 2. The second-order valence-corrected chi connectivity index (χ2v) is 8.87. The molecule has 4 aromatic rings. The minimum Gasteiger partial charge on any atom is -0.504 e. The molecule has 2 aliphatic rings. The van der Waals surface area contributed by atoms with Gasteiger partial charge in [0.05, 0.1) is 36.2 Å². The fraction of sp³-hybridized carbons (Fsp3) is 0.375. The van der Waals surface area contributed by atoms with Gasteiger partial charge in [-0.15, -0.1) is 0 Å². The molecule has 190 valence electrons. The van der Waals surface area contributed by atoms with Gasteiger partial charge in [0.25, 0.3) is 0 Å². The van der Waals surface area contributed by atoms with E-state index in [0.29, 0.717) is 37.7 Å². The van der Waals surface area contributed by atoms with E-state index in [1.165, 1.54) is 12.8 Å². The molecule has 0 amide bonds. The third kappa shape index (κ3) is 4.78. The van der Waals surface area contributed by atoms with E-state index in [9.17, 15) is 19.0 Å². The van der Waals surface area contributed by atoms with Crippen molar-refractivity contribution in [1.29, 1.82) is 0 Å². The molecule has 2 radical (unpaired) electrons. The Morgan fingerprint density at radius 1 is 0.973 bits per heavy atom. The van der Waals surface area contributed by atoms with Crippen molar-refractivity contribution in [2.45, 2.75) is 32.7 Å². The maximum absolute atomic E-state index is 14.9. The second kappa shape index (κ2) is 9.89. The van der Waals surface area contributed by atoms with Gasteiger partial charge in [-0.3, -0.25) is 4.68 Å². The SMILES string of the molecule is [B]c1c(F)c(O)c(O)c(-c2nc(N3CCOCC3)nc3nc(C)c(C)nc23)c1F.c1cnn(C2CC2)c1. The van der Waals surface area contributed by atoms with Crippen LogP contribution in [0.25, 0.3) is 22.4 Å². The lowest BCUT2D eigenvalue weighted by atomic mass is 9.90. The van der Waals surface area contributed by atoms with Crippen LogP contribution in [0, 0.1) is 25.5 Å². The van der Waals surface area contributed by atoms with Crippen molar-refractivity contribution in [2.75, 3.05) is 31.2 Å². The molecule has 2 N–H and O–H groups in total. The zero-order chi connectivity index (χ0) is 26.3. The Bertz CT molecular complexity index is 1430. The van der Waals surface area contributed by atoms with Crippen LogP contribution in [0.4, 0.5) is 14.7 Å². The molecule has 3 aromatic heterocycles. The minimum atomic E-state index is -1.45. The van der Waals surface area contributed by atoms with Crippen LogP contribution < -0.4 is 10.4 Å². The van der Waals surface area contributed by atoms with Gasteiger partial charge < -0.3 is 19.8 Å². The Labute approximate surface area is 212 Å². The molecule has 1 saturated heterocycles. The van der Waals surface area contributed by atoms with Gasteiger partial charge in [-0.2, -0.15) is 10.1 Å². The highest BCUT2D eigenvalue weighted by atomic mass is 19.1. The van der Waals surface area contributed by atoms with E-state index in [1.807, 2.05) is 28.0 Å². The number of nitrogens with zero attached hydrogens (tertiary/aromatic N) is 7. The lowest BCUT2D eigenvalue weighted by Gasteiger charge is -2.27. The van der Waals surface area contributed by atoms with E-state index in [2.05, 4.69) is 25.0 Å². The summed E-state index contributed by atoms with van der Waals surface area (Å²) in [6.45, 7) is 5.35. The maximum Gasteiger partial charge on any atom is 0.228 e. The molecule has 0 bridgehead atoms. The zero-order valence-electron chi connectivity index (χ0n) is 20.3. The first-order valence-electron chi connectivity index (χ1n) is 11.8. The molecule has 13 heteroatoms. The van der Waals surface area contributed by atoms with Crippen LogP contribution in [0.15, 0.2) is 18.5 Å². The second-order valence-electron chi connectivity index (χ2n) is 8.87. The summed E-state index contributed by atoms with van der Waals surface area (Å²) in [5.74, 6) is -4.69. The first-order chi connectivity index (χ1) is 17.8. The van der Waals surface area contributed by atoms with Crippen LogP contribution in [0.1, 0.15) is 30.3 Å². The number of benzene rings is 1. The highest BCUT2D eigenvalue weighted by Crippen LogP contribution is 2.41. The molecule has 1 aliphatic carbocycles. The molecule has 37 heavy (non-hydrogen) atoms. The van der Waals surface area contributed by atoms with Crippen molar-refractivity contribution < 1.29 is 23.7 Å². The van der Waals surface area contributed by atoms with Crippen LogP contribution in [-0.2, 0) is 4.74 Å². The molecule has 0 atom stereocenters. The Morgan fingerprint density at radius 3 is 2.32 bits per heavy atom. The van der Waals surface area contributed by atoms with Crippen molar-refractivity contribution in [3.05, 3.63) is 41.5 Å². The van der Waals surface area contributed by atoms with Crippen LogP contribution in [0.2, 0.25) is 0 Å². The van der Waals surface area contributed by atoms with Gasteiger partial charge in [-0.25, -0.2) is 23.7 Å². The normalized spacial score (nSPS) is 15.5. The van der Waals surface area contributed by atoms with Crippen LogP contribution >= 0.6 is 0 Å². The third-order valence-electron chi connectivity index (χ3n) is 6.27. The minimum absolute atomic E-state index is 0.0877. The van der Waals surface area contributed by atoms with E-state index in [0.717, 1.165) is 6.04 Å². The number of phenolic OH excluding ortho intramolecular Hbond substituents is 2. The summed E-state index contributed by atoms with van der Waals surface area (Å²) in [6, 6.07) is 2.71. The maximum atomic E-state index is 14.9. The lowest BCUT2D eigenvalue weighted by molar-refractivity contribution is 0.122. The quantitative estimate of drug-likeness (QED) is 0.318. The molecule has 1 aromatic carbocycles. The van der Waals surface area contributed by atoms with Gasteiger partial charge in [0, 0.05) is 25.5 Å². The molecule has 0 unspecified atom stereocenters. The van der Waals surface area contributed by atoms with Gasteiger partial charge in [0.1, 0.15) is 24.9 Å². The first-order valence-corrected chi connectivity index (χ1v) is 11.8. The van der Waals surface area contributed by atoms with Crippen molar-refractivity contribution >= 4 is 30.4 Å². The van der Waals surface area contributed by atoms with E-state index in [1.54, 1.807) is 13.8 Å². The van der Waals surface area contributed by atoms with Crippen LogP contribution in [0.3, 0.4) is 0 Å². The molecule has 1 saturated carbocycles. The smallest absolute Gasteiger partial charge is 0.228 e. The predicted molar refractivity (Wildman–Crippen MR) is 132 cm³/mol. The summed E-state index contributed by atoms with van der Waals surface area (Å²) in [6.07, 6.45) is 6.50. The van der Waals surface area contributed by atoms with E-state index in [4.69, 9.17) is 12.6 Å². The third-order valence-corrected chi connectivity index (χ3v) is 6.27. The number of anilines is 1. The Balaban J connectivity index is 0.000000295. The number of phenols is 2. The topological polar surface area (TPSA) is 122 Å². The summed E-state index contributed by atoms with van der Waals surface area (Å²) in [7, 11) is 5.44. The summed E-state index contributed by atoms with van der Waals surface area (Å²) in [5.41, 5.74) is -0.246. The van der Waals surface area contributed by atoms with Crippen molar-refractivity contribution in [2.24, 2.45) is 0 Å². The molecule has 4 heterocycles. The molecular weight excluding hydrogens is 483 g/mol. The van der Waals surface area contributed by atoms with Crippen LogP contribution in [-0.4, -0.2) is 74.1 Å². The number of rotatable bonds is 3. The largest absolute Gasteiger partial charge is 0.504 e. The van der Waals surface area contributed by atoms with E-state index in [-0.39, 0.29) is 22.8 Å². The highest BCUT2D eigenvalue weighted by Gasteiger charge is 2.28. The van der Waals surface area contributed by atoms with Crippen molar-refractivity contribution in [3.63, 3.8) is 0 Å². The van der Waals surface area contributed by atoms with Crippen LogP contribution in [0.5, 0.6) is 11.5 Å². The van der Waals surface area contributed by atoms with E-state index < -0.39 is 34.2 Å². The predicted octanol–water partition coefficient (Wildman–Crippen LogP) is 2.24. The average Bonchev–Trinajstić information content (AvgIpc) is 3.61. The molecule has 6 rings (SSSR count). The molecule has 10 nitrogen and oxygen atoms in total. The summed E-state index contributed by atoms with van der Waals surface area (Å²) in [5, 5.41) is 24.3. The Morgan fingerprint density at radius 2 is 1.68 bits per heavy atom. The lowest BCUT2D eigenvalue weighted by Crippen LogP contribution is -2.37. The zero-order valence-corrected chi connectivity index (χ0v) is 20.3. The number of ether oxygens (including phenoxy) is 1. The summed E-state index contributed by atoms with van der Waals surface area (Å²) < 4.78 is 36.1. The molecule has 0 spiro atoms. The van der Waals surface area contributed by atoms with Gasteiger partial charge in [-0.1, -0.05) is 0 Å². The number of hydrogen-bond donors (Lipinski definition) is 2. The van der Waals surface area contributed by atoms with Gasteiger partial charge in [-0.05, 0) is 38.2 Å². The van der Waals surface area contributed by atoms with Gasteiger partial charge in [0.15, 0.2) is 23.0 Å². The fourth-order valence-corrected chi connectivity index (χ4v) is 3.92. The Hall–Kier alpha value is -3.87. The molecule has 2 fully saturated rings. The first kappa shape index (κ1) is 24.8. The molecular formula is C24H24BF2N7O3. The number of aryl methyl sites for hydroxylation is 2. The van der Waals surface area contributed by atoms with Crippen molar-refractivity contribution in [1.82, 2.24) is 29.7 Å². The van der Waals surface area contributed by atoms with Gasteiger partial charge in [0.2, 0.25) is 5.95 Å². The number of morpholine rings is 1. The standard InChI is InChI=1S/C18H16BF2N5O3.C6H8N2/c1-7-8(2)23-17-14(22-7)13(24-18(25-17)26-3-5-29-6-4-26)9-11(20)10(19)12(21)16(28)15(9)27;1-4-7-8(5-1)6-2-3-6/h27-28H,3-6H2,1-2H3;1,4-6H,2-3H2. The Kier molecular flexibility index (Phi) is 6.63.